The Bertz CT molecular complexity index is 1550. The van der Waals surface area contributed by atoms with Gasteiger partial charge in [-0.1, -0.05) is 38.1 Å². The van der Waals surface area contributed by atoms with Crippen LogP contribution in [0, 0.1) is 19.8 Å². The van der Waals surface area contributed by atoms with Crippen LogP contribution in [0.2, 0.25) is 0 Å². The molecule has 2 heterocycles. The third-order valence-corrected chi connectivity index (χ3v) is 6.88. The number of fused-ring (bicyclic) bond motifs is 4. The largest absolute Gasteiger partial charge is 0.512 e. The first-order chi connectivity index (χ1) is 18.1. The highest BCUT2D eigenvalue weighted by molar-refractivity contribution is 6.14. The highest BCUT2D eigenvalue weighted by Gasteiger charge is 2.33. The molecule has 4 aromatic rings. The first-order valence-electron chi connectivity index (χ1n) is 12.6. The van der Waals surface area contributed by atoms with Crippen molar-refractivity contribution in [1.29, 1.82) is 0 Å². The quantitative estimate of drug-likeness (QED) is 0.271. The molecule has 0 spiro atoms. The lowest BCUT2D eigenvalue weighted by Gasteiger charge is -2.22. The van der Waals surface area contributed by atoms with E-state index in [0.29, 0.717) is 57.8 Å². The third kappa shape index (κ3) is 4.62. The zero-order valence-corrected chi connectivity index (χ0v) is 22.4. The number of furan rings is 2. The zero-order valence-electron chi connectivity index (χ0n) is 22.4. The first-order valence-corrected chi connectivity index (χ1v) is 12.6. The number of allylic oxidation sites excluding steroid dienone is 1. The minimum Gasteiger partial charge on any atom is -0.512 e. The lowest BCUT2D eigenvalue weighted by Crippen LogP contribution is -2.15. The van der Waals surface area contributed by atoms with E-state index < -0.39 is 11.9 Å². The summed E-state index contributed by atoms with van der Waals surface area (Å²) in [6.07, 6.45) is 1.61. The molecule has 0 saturated carbocycles. The zero-order chi connectivity index (χ0) is 27.7. The average molecular weight is 521 g/mol. The molecule has 1 aliphatic rings. The number of carbonyl (C=O) groups excluding carboxylic acids is 2. The Kier molecular flexibility index (Phi) is 7.53. The second-order valence-electron chi connectivity index (χ2n) is 9.25. The predicted octanol–water partition coefficient (Wildman–Crippen LogP) is 7.19. The second kappa shape index (κ2) is 10.7. The van der Waals surface area contributed by atoms with E-state index >= 15 is 0 Å². The molecule has 38 heavy (non-hydrogen) atoms. The monoisotopic (exact) mass is 520 g/mol. The summed E-state index contributed by atoms with van der Waals surface area (Å²) in [6.45, 7) is 11.5. The van der Waals surface area contributed by atoms with Crippen LogP contribution in [0.5, 0.6) is 5.75 Å². The molecule has 0 amide bonds. The molecule has 2 aromatic heterocycles. The molecule has 2 unspecified atom stereocenters. The highest BCUT2D eigenvalue weighted by Crippen LogP contribution is 2.41. The van der Waals surface area contributed by atoms with E-state index in [-0.39, 0.29) is 23.3 Å². The van der Waals surface area contributed by atoms with Crippen LogP contribution in [-0.2, 0) is 9.47 Å². The average Bonchev–Trinajstić information content (AvgIpc) is 3.39. The fourth-order valence-electron chi connectivity index (χ4n) is 4.76. The van der Waals surface area contributed by atoms with Gasteiger partial charge in [0.2, 0.25) is 0 Å². The molecule has 0 saturated heterocycles. The van der Waals surface area contributed by atoms with E-state index in [1.807, 2.05) is 38.1 Å². The number of phenols is 1. The van der Waals surface area contributed by atoms with Crippen molar-refractivity contribution in [2.75, 3.05) is 13.2 Å². The molecule has 5 rings (SSSR count). The van der Waals surface area contributed by atoms with Crippen molar-refractivity contribution in [2.24, 2.45) is 5.92 Å². The number of phenolic OH excluding ortho intramolecular Hbond substituents is 1. The Morgan fingerprint density at radius 1 is 0.842 bits per heavy atom. The lowest BCUT2D eigenvalue weighted by molar-refractivity contribution is 0.0515. The number of aromatic hydroxyl groups is 1. The van der Waals surface area contributed by atoms with Crippen molar-refractivity contribution >= 4 is 39.8 Å². The number of hydrogen-bond acceptors (Lipinski definition) is 8. The number of aliphatic hydroxyl groups excluding tert-OH is 1. The number of ether oxygens (including phenoxy) is 2. The minimum absolute atomic E-state index is 0.00176. The van der Waals surface area contributed by atoms with Gasteiger partial charge in [-0.05, 0) is 39.8 Å². The molecule has 0 aliphatic heterocycles. The van der Waals surface area contributed by atoms with Gasteiger partial charge in [0, 0.05) is 33.6 Å². The summed E-state index contributed by atoms with van der Waals surface area (Å²) in [6, 6.07) is 8.93. The summed E-state index contributed by atoms with van der Waals surface area (Å²) in [5.41, 5.74) is 2.06. The number of esters is 2. The van der Waals surface area contributed by atoms with Gasteiger partial charge in [0.05, 0.1) is 19.0 Å². The molecule has 200 valence electrons. The second-order valence-corrected chi connectivity index (χ2v) is 9.25. The Labute approximate surface area is 220 Å². The molecule has 0 fully saturated rings. The molecule has 2 aromatic carbocycles. The summed E-state index contributed by atoms with van der Waals surface area (Å²) in [4.78, 5) is 23.9. The Morgan fingerprint density at radius 3 is 2.05 bits per heavy atom. The van der Waals surface area contributed by atoms with Gasteiger partial charge in [0.1, 0.15) is 39.7 Å². The molecule has 0 radical (unpaired) electrons. The molecule has 2 N–H and O–H groups in total. The van der Waals surface area contributed by atoms with E-state index in [1.54, 1.807) is 39.8 Å². The topological polar surface area (TPSA) is 119 Å². The van der Waals surface area contributed by atoms with Crippen molar-refractivity contribution in [3.05, 3.63) is 70.1 Å². The summed E-state index contributed by atoms with van der Waals surface area (Å²) >= 11 is 0. The number of aliphatic hydroxyl groups is 1. The van der Waals surface area contributed by atoms with Crippen LogP contribution in [-0.4, -0.2) is 35.4 Å². The summed E-state index contributed by atoms with van der Waals surface area (Å²) in [5, 5.41) is 22.1. The molecule has 8 nitrogen and oxygen atoms in total. The van der Waals surface area contributed by atoms with Crippen molar-refractivity contribution in [3.8, 4) is 5.75 Å². The van der Waals surface area contributed by atoms with E-state index in [2.05, 4.69) is 0 Å². The van der Waals surface area contributed by atoms with Gasteiger partial charge in [-0.2, -0.15) is 0 Å². The molecular formula is C30H32O8. The predicted molar refractivity (Wildman–Crippen MR) is 144 cm³/mol. The summed E-state index contributed by atoms with van der Waals surface area (Å²) in [7, 11) is 0. The van der Waals surface area contributed by atoms with Gasteiger partial charge >= 0.3 is 11.9 Å². The number of benzene rings is 2. The van der Waals surface area contributed by atoms with Crippen LogP contribution < -0.4 is 0 Å². The smallest absolute Gasteiger partial charge is 0.342 e. The highest BCUT2D eigenvalue weighted by atomic mass is 16.5. The fraction of sp³-hybridized carbons (Fsp3) is 0.333. The van der Waals surface area contributed by atoms with E-state index in [9.17, 15) is 19.8 Å². The van der Waals surface area contributed by atoms with E-state index in [4.69, 9.17) is 18.3 Å². The van der Waals surface area contributed by atoms with Crippen molar-refractivity contribution in [3.63, 3.8) is 0 Å². The van der Waals surface area contributed by atoms with Crippen molar-refractivity contribution < 1.29 is 38.1 Å². The SMILES string of the molecule is CCOC(=O)c1c(C)oc2c1C=C(O)C(C)C2C.CCOC(=O)c1c(C)oc2c1cc(O)c1ccccc12. The van der Waals surface area contributed by atoms with Crippen LogP contribution in [0.15, 0.2) is 44.9 Å². The van der Waals surface area contributed by atoms with Crippen LogP contribution >= 0.6 is 0 Å². The lowest BCUT2D eigenvalue weighted by atomic mass is 9.84. The van der Waals surface area contributed by atoms with Gasteiger partial charge in [-0.3, -0.25) is 0 Å². The first kappa shape index (κ1) is 26.9. The van der Waals surface area contributed by atoms with E-state index in [1.165, 1.54) is 0 Å². The number of aryl methyl sites for hydroxylation is 2. The van der Waals surface area contributed by atoms with Gasteiger partial charge in [-0.15, -0.1) is 0 Å². The Hall–Kier alpha value is -4.20. The Balaban J connectivity index is 0.000000178. The number of hydrogen-bond donors (Lipinski definition) is 2. The van der Waals surface area contributed by atoms with Gasteiger partial charge in [-0.25, -0.2) is 9.59 Å². The van der Waals surface area contributed by atoms with Crippen molar-refractivity contribution in [2.45, 2.75) is 47.5 Å². The summed E-state index contributed by atoms with van der Waals surface area (Å²) < 4.78 is 21.5. The summed E-state index contributed by atoms with van der Waals surface area (Å²) in [5.74, 6) is 1.41. The van der Waals surface area contributed by atoms with Gasteiger partial charge < -0.3 is 28.5 Å². The van der Waals surface area contributed by atoms with Gasteiger partial charge in [0.25, 0.3) is 0 Å². The normalized spacial score (nSPS) is 16.4. The van der Waals surface area contributed by atoms with Crippen LogP contribution in [0.4, 0.5) is 0 Å². The van der Waals surface area contributed by atoms with Gasteiger partial charge in [0.15, 0.2) is 0 Å². The molecule has 1 aliphatic carbocycles. The molecule has 0 bridgehead atoms. The van der Waals surface area contributed by atoms with Crippen LogP contribution in [0.3, 0.4) is 0 Å². The maximum Gasteiger partial charge on any atom is 0.342 e. The minimum atomic E-state index is -0.432. The van der Waals surface area contributed by atoms with Crippen LogP contribution in [0.25, 0.3) is 27.8 Å². The number of rotatable bonds is 4. The maximum atomic E-state index is 12.0. The van der Waals surface area contributed by atoms with E-state index in [0.717, 1.165) is 11.1 Å². The Morgan fingerprint density at radius 2 is 1.42 bits per heavy atom. The third-order valence-electron chi connectivity index (χ3n) is 6.88. The van der Waals surface area contributed by atoms with Crippen LogP contribution in [0.1, 0.15) is 77.2 Å². The number of carbonyl (C=O) groups is 2. The standard InChI is InChI=1S/C16H14O4.C14H18O4/c1-3-19-16(18)14-9(2)20-15-11-7-5-4-6-10(11)13(17)8-12(14)15;1-5-17-14(16)12-9(4)18-13-8(3)7(2)11(15)6-10(12)13/h4-8,17H,3H2,1-2H3;6-8,15H,5H2,1-4H3. The maximum absolute atomic E-state index is 12.0. The molecule has 2 atom stereocenters. The molecular weight excluding hydrogens is 488 g/mol. The molecule has 8 heteroatoms. The fourth-order valence-corrected chi connectivity index (χ4v) is 4.76. The van der Waals surface area contributed by atoms with Crippen molar-refractivity contribution in [1.82, 2.24) is 0 Å².